The summed E-state index contributed by atoms with van der Waals surface area (Å²) in [6.07, 6.45) is 3.02. The van der Waals surface area contributed by atoms with Gasteiger partial charge in [-0.1, -0.05) is 35.9 Å². The lowest BCUT2D eigenvalue weighted by molar-refractivity contribution is -0.112. The zero-order valence-electron chi connectivity index (χ0n) is 15.2. The van der Waals surface area contributed by atoms with Gasteiger partial charge < -0.3 is 14.8 Å². The maximum Gasteiger partial charge on any atom is 0.266 e. The van der Waals surface area contributed by atoms with Crippen molar-refractivity contribution >= 4 is 40.9 Å². The molecule has 0 aliphatic rings. The molecule has 0 unspecified atom stereocenters. The smallest absolute Gasteiger partial charge is 0.266 e. The Kier molecular flexibility index (Phi) is 7.94. The third-order valence-corrected chi connectivity index (χ3v) is 3.99. The van der Waals surface area contributed by atoms with Gasteiger partial charge in [0, 0.05) is 10.7 Å². The van der Waals surface area contributed by atoms with E-state index in [1.54, 1.807) is 42.5 Å². The lowest BCUT2D eigenvalue weighted by Gasteiger charge is -2.13. The van der Waals surface area contributed by atoms with E-state index in [0.29, 0.717) is 39.4 Å². The van der Waals surface area contributed by atoms with Crippen LogP contribution in [0.25, 0.3) is 6.08 Å². The van der Waals surface area contributed by atoms with Crippen LogP contribution in [0.15, 0.2) is 54.6 Å². The highest BCUT2D eigenvalue weighted by molar-refractivity contribution is 6.32. The van der Waals surface area contributed by atoms with Crippen LogP contribution in [0.3, 0.4) is 0 Å². The summed E-state index contributed by atoms with van der Waals surface area (Å²) in [7, 11) is 0. The monoisotopic (exact) mass is 416 g/mol. The molecule has 2 aromatic rings. The van der Waals surface area contributed by atoms with Gasteiger partial charge in [0.25, 0.3) is 5.91 Å². The summed E-state index contributed by atoms with van der Waals surface area (Å²) < 4.78 is 11.1. The number of ether oxygens (including phenoxy) is 2. The van der Waals surface area contributed by atoms with Crippen molar-refractivity contribution < 1.29 is 14.3 Å². The lowest BCUT2D eigenvalue weighted by atomic mass is 10.1. The van der Waals surface area contributed by atoms with Gasteiger partial charge >= 0.3 is 0 Å². The van der Waals surface area contributed by atoms with E-state index in [-0.39, 0.29) is 12.2 Å². The Bertz CT molecular complexity index is 932. The van der Waals surface area contributed by atoms with Crippen LogP contribution in [0.5, 0.6) is 11.5 Å². The fourth-order valence-electron chi connectivity index (χ4n) is 2.26. The lowest BCUT2D eigenvalue weighted by Crippen LogP contribution is -2.13. The molecule has 0 heterocycles. The Balaban J connectivity index is 2.31. The first-order valence-electron chi connectivity index (χ1n) is 8.37. The number of nitriles is 1. The molecular formula is C21H18Cl2N2O3. The van der Waals surface area contributed by atoms with Crippen molar-refractivity contribution in [2.75, 3.05) is 18.5 Å². The second-order valence-corrected chi connectivity index (χ2v) is 6.34. The minimum absolute atomic E-state index is 0.0896. The van der Waals surface area contributed by atoms with Crippen molar-refractivity contribution in [3.8, 4) is 17.6 Å². The highest BCUT2D eigenvalue weighted by Crippen LogP contribution is 2.37. The van der Waals surface area contributed by atoms with E-state index in [4.69, 9.17) is 32.7 Å². The van der Waals surface area contributed by atoms with Crippen LogP contribution in [-0.2, 0) is 4.79 Å². The molecule has 0 bridgehead atoms. The Labute approximate surface area is 173 Å². The fraction of sp³-hybridized carbons (Fsp3) is 0.143. The van der Waals surface area contributed by atoms with Crippen LogP contribution in [0, 0.1) is 11.3 Å². The molecule has 7 heteroatoms. The second kappa shape index (κ2) is 10.4. The summed E-state index contributed by atoms with van der Waals surface area (Å²) in [6.45, 7) is 6.09. The molecule has 0 spiro atoms. The van der Waals surface area contributed by atoms with Crippen molar-refractivity contribution in [3.05, 3.63) is 70.2 Å². The summed E-state index contributed by atoms with van der Waals surface area (Å²) in [5.41, 5.74) is 0.965. The molecule has 0 aliphatic carbocycles. The zero-order chi connectivity index (χ0) is 20.5. The van der Waals surface area contributed by atoms with E-state index in [9.17, 15) is 10.1 Å². The van der Waals surface area contributed by atoms with E-state index < -0.39 is 5.91 Å². The fourth-order valence-corrected chi connectivity index (χ4v) is 2.66. The summed E-state index contributed by atoms with van der Waals surface area (Å²) in [6, 6.07) is 11.7. The third-order valence-electron chi connectivity index (χ3n) is 3.46. The largest absolute Gasteiger partial charge is 0.490 e. The quantitative estimate of drug-likeness (QED) is 0.350. The van der Waals surface area contributed by atoms with Crippen molar-refractivity contribution in [2.24, 2.45) is 0 Å². The van der Waals surface area contributed by atoms with Crippen molar-refractivity contribution in [1.82, 2.24) is 0 Å². The van der Waals surface area contributed by atoms with Crippen LogP contribution in [-0.4, -0.2) is 19.1 Å². The van der Waals surface area contributed by atoms with Gasteiger partial charge in [-0.25, -0.2) is 0 Å². The summed E-state index contributed by atoms with van der Waals surface area (Å²) in [5.74, 6) is 0.245. The van der Waals surface area contributed by atoms with E-state index in [0.717, 1.165) is 0 Å². The highest BCUT2D eigenvalue weighted by atomic mass is 35.5. The molecule has 0 saturated heterocycles. The molecule has 2 aromatic carbocycles. The van der Waals surface area contributed by atoms with E-state index in [1.165, 1.54) is 6.08 Å². The van der Waals surface area contributed by atoms with Crippen molar-refractivity contribution in [3.63, 3.8) is 0 Å². The van der Waals surface area contributed by atoms with Gasteiger partial charge in [-0.2, -0.15) is 5.26 Å². The van der Waals surface area contributed by atoms with E-state index in [2.05, 4.69) is 11.9 Å². The summed E-state index contributed by atoms with van der Waals surface area (Å²) >= 11 is 12.1. The molecule has 1 amide bonds. The molecular weight excluding hydrogens is 399 g/mol. The average molecular weight is 417 g/mol. The molecule has 5 nitrogen and oxygen atoms in total. The molecule has 0 aliphatic heterocycles. The van der Waals surface area contributed by atoms with Gasteiger partial charge in [0.15, 0.2) is 11.5 Å². The molecule has 2 rings (SSSR count). The number of nitrogens with one attached hydrogen (secondary N) is 1. The number of carbonyl (C=O) groups excluding carboxylic acids is 1. The minimum Gasteiger partial charge on any atom is -0.490 e. The number of carbonyl (C=O) groups is 1. The standard InChI is InChI=1S/C21H18Cl2N2O3/c1-3-9-28-20-18(23)11-14(12-19(20)27-4-2)10-15(13-24)21(26)25-17-7-5-16(22)6-8-17/h3,5-8,10-12H,1,4,9H2,2H3,(H,25,26)/b15-10+. The van der Waals surface area contributed by atoms with Crippen molar-refractivity contribution in [2.45, 2.75) is 6.92 Å². The molecule has 1 N–H and O–H groups in total. The Morgan fingerprint density at radius 3 is 2.57 bits per heavy atom. The molecule has 0 saturated carbocycles. The van der Waals surface area contributed by atoms with Crippen molar-refractivity contribution in [1.29, 1.82) is 5.26 Å². The number of anilines is 1. The molecule has 144 valence electrons. The Morgan fingerprint density at radius 2 is 1.96 bits per heavy atom. The molecule has 0 aromatic heterocycles. The summed E-state index contributed by atoms with van der Waals surface area (Å²) in [4.78, 5) is 12.4. The van der Waals surface area contributed by atoms with Crippen LogP contribution in [0.2, 0.25) is 10.0 Å². The molecule has 0 radical (unpaired) electrons. The third kappa shape index (κ3) is 5.78. The number of amides is 1. The van der Waals surface area contributed by atoms with Crippen LogP contribution in [0.4, 0.5) is 5.69 Å². The number of hydrogen-bond donors (Lipinski definition) is 1. The average Bonchev–Trinajstić information content (AvgIpc) is 2.67. The predicted octanol–water partition coefficient (Wildman–Crippen LogP) is 5.50. The van der Waals surface area contributed by atoms with Gasteiger partial charge in [-0.3, -0.25) is 4.79 Å². The maximum absolute atomic E-state index is 12.4. The molecule has 28 heavy (non-hydrogen) atoms. The van der Waals surface area contributed by atoms with Crippen LogP contribution in [0.1, 0.15) is 12.5 Å². The Morgan fingerprint density at radius 1 is 1.25 bits per heavy atom. The second-order valence-electron chi connectivity index (χ2n) is 5.49. The Hall–Kier alpha value is -2.94. The number of rotatable bonds is 8. The number of benzene rings is 2. The van der Waals surface area contributed by atoms with Gasteiger partial charge in [0.2, 0.25) is 0 Å². The highest BCUT2D eigenvalue weighted by Gasteiger charge is 2.14. The first-order valence-corrected chi connectivity index (χ1v) is 9.12. The van der Waals surface area contributed by atoms with E-state index in [1.807, 2.05) is 13.0 Å². The SMILES string of the molecule is C=CCOc1c(Cl)cc(/C=C(\C#N)C(=O)Nc2ccc(Cl)cc2)cc1OCC. The summed E-state index contributed by atoms with van der Waals surface area (Å²) in [5, 5.41) is 12.9. The number of hydrogen-bond acceptors (Lipinski definition) is 4. The molecule has 0 atom stereocenters. The topological polar surface area (TPSA) is 71.3 Å². The number of nitrogens with zero attached hydrogens (tertiary/aromatic N) is 1. The predicted molar refractivity (Wildman–Crippen MR) is 112 cm³/mol. The van der Waals surface area contributed by atoms with Crippen LogP contribution < -0.4 is 14.8 Å². The minimum atomic E-state index is -0.550. The normalized spacial score (nSPS) is 10.7. The van der Waals surface area contributed by atoms with Gasteiger partial charge in [-0.15, -0.1) is 0 Å². The van der Waals surface area contributed by atoms with Gasteiger partial charge in [0.1, 0.15) is 18.2 Å². The first kappa shape index (κ1) is 21.4. The maximum atomic E-state index is 12.4. The molecule has 0 fully saturated rings. The van der Waals surface area contributed by atoms with Crippen LogP contribution >= 0.6 is 23.2 Å². The van der Waals surface area contributed by atoms with E-state index >= 15 is 0 Å². The van der Waals surface area contributed by atoms with Gasteiger partial charge in [0.05, 0.1) is 11.6 Å². The van der Waals surface area contributed by atoms with Gasteiger partial charge in [-0.05, 0) is 55.0 Å². The first-order chi connectivity index (χ1) is 13.5. The zero-order valence-corrected chi connectivity index (χ0v) is 16.7. The number of halogens is 2.